The van der Waals surface area contributed by atoms with E-state index in [9.17, 15) is 9.59 Å². The molecule has 0 unspecified atom stereocenters. The summed E-state index contributed by atoms with van der Waals surface area (Å²) in [5.74, 6) is -0.238. The Labute approximate surface area is 96.9 Å². The van der Waals surface area contributed by atoms with Crippen LogP contribution in [0.4, 0.5) is 0 Å². The molecule has 0 heterocycles. The summed E-state index contributed by atoms with van der Waals surface area (Å²) in [4.78, 5) is 22.1. The van der Waals surface area contributed by atoms with Crippen LogP contribution in [-0.2, 0) is 14.3 Å². The highest BCUT2D eigenvalue weighted by Gasteiger charge is 2.02. The van der Waals surface area contributed by atoms with E-state index in [1.165, 1.54) is 0 Å². The Bertz CT molecular complexity index is 207. The zero-order valence-electron chi connectivity index (χ0n) is 10.2. The van der Waals surface area contributed by atoms with Crippen LogP contribution in [0.15, 0.2) is 0 Å². The van der Waals surface area contributed by atoms with Crippen molar-refractivity contribution in [2.45, 2.75) is 33.1 Å². The maximum absolute atomic E-state index is 11.2. The van der Waals surface area contributed by atoms with Crippen LogP contribution in [-0.4, -0.2) is 38.1 Å². The number of nitrogens with one attached hydrogen (secondary N) is 2. The SMILES string of the molecule is CCCNCC(=O)NCCCC(=O)OCC. The molecule has 0 saturated heterocycles. The van der Waals surface area contributed by atoms with Gasteiger partial charge in [0.2, 0.25) is 5.91 Å². The first kappa shape index (κ1) is 14.9. The van der Waals surface area contributed by atoms with Crippen molar-refractivity contribution in [3.63, 3.8) is 0 Å². The number of ether oxygens (including phenoxy) is 1. The molecule has 0 aromatic carbocycles. The van der Waals surface area contributed by atoms with Gasteiger partial charge in [0.05, 0.1) is 13.2 Å². The van der Waals surface area contributed by atoms with Gasteiger partial charge in [-0.3, -0.25) is 9.59 Å². The van der Waals surface area contributed by atoms with E-state index in [2.05, 4.69) is 10.6 Å². The number of hydrogen-bond acceptors (Lipinski definition) is 4. The van der Waals surface area contributed by atoms with Gasteiger partial charge in [0.25, 0.3) is 0 Å². The molecule has 0 aliphatic heterocycles. The van der Waals surface area contributed by atoms with Crippen molar-refractivity contribution in [2.75, 3.05) is 26.2 Å². The van der Waals surface area contributed by atoms with Crippen molar-refractivity contribution >= 4 is 11.9 Å². The Kier molecular flexibility index (Phi) is 9.70. The predicted molar refractivity (Wildman–Crippen MR) is 62.0 cm³/mol. The van der Waals surface area contributed by atoms with Crippen molar-refractivity contribution in [1.82, 2.24) is 10.6 Å². The van der Waals surface area contributed by atoms with Gasteiger partial charge in [-0.15, -0.1) is 0 Å². The Morgan fingerprint density at radius 1 is 1.19 bits per heavy atom. The first-order valence-electron chi connectivity index (χ1n) is 5.83. The van der Waals surface area contributed by atoms with Crippen LogP contribution >= 0.6 is 0 Å². The topological polar surface area (TPSA) is 67.4 Å². The van der Waals surface area contributed by atoms with E-state index in [1.807, 2.05) is 6.92 Å². The number of carbonyl (C=O) groups excluding carboxylic acids is 2. The summed E-state index contributed by atoms with van der Waals surface area (Å²) < 4.78 is 4.76. The zero-order valence-corrected chi connectivity index (χ0v) is 10.2. The minimum atomic E-state index is -0.208. The van der Waals surface area contributed by atoms with Gasteiger partial charge >= 0.3 is 5.97 Å². The van der Waals surface area contributed by atoms with Crippen molar-refractivity contribution in [2.24, 2.45) is 0 Å². The fraction of sp³-hybridized carbons (Fsp3) is 0.818. The summed E-state index contributed by atoms with van der Waals surface area (Å²) in [6.45, 7) is 5.93. The summed E-state index contributed by atoms with van der Waals surface area (Å²) >= 11 is 0. The van der Waals surface area contributed by atoms with E-state index in [0.29, 0.717) is 32.5 Å². The van der Waals surface area contributed by atoms with Gasteiger partial charge in [0, 0.05) is 13.0 Å². The Hall–Kier alpha value is -1.10. The average molecular weight is 230 g/mol. The lowest BCUT2D eigenvalue weighted by Gasteiger charge is -2.05. The van der Waals surface area contributed by atoms with Gasteiger partial charge in [-0.25, -0.2) is 0 Å². The van der Waals surface area contributed by atoms with Gasteiger partial charge in [-0.1, -0.05) is 6.92 Å². The summed E-state index contributed by atoms with van der Waals surface area (Å²) in [6.07, 6.45) is 1.99. The minimum Gasteiger partial charge on any atom is -0.466 e. The van der Waals surface area contributed by atoms with E-state index in [4.69, 9.17) is 4.74 Å². The monoisotopic (exact) mass is 230 g/mol. The van der Waals surface area contributed by atoms with Gasteiger partial charge < -0.3 is 15.4 Å². The highest BCUT2D eigenvalue weighted by atomic mass is 16.5. The molecule has 94 valence electrons. The second kappa shape index (κ2) is 10.4. The molecule has 0 radical (unpaired) electrons. The van der Waals surface area contributed by atoms with Gasteiger partial charge in [-0.2, -0.15) is 0 Å². The third-order valence-corrected chi connectivity index (χ3v) is 1.90. The van der Waals surface area contributed by atoms with Crippen molar-refractivity contribution in [3.8, 4) is 0 Å². The maximum atomic E-state index is 11.2. The van der Waals surface area contributed by atoms with E-state index in [1.54, 1.807) is 6.92 Å². The molecule has 0 spiro atoms. The van der Waals surface area contributed by atoms with Gasteiger partial charge in [0.15, 0.2) is 0 Å². The molecule has 0 bridgehead atoms. The van der Waals surface area contributed by atoms with E-state index in [0.717, 1.165) is 13.0 Å². The Balaban J connectivity index is 3.30. The summed E-state index contributed by atoms with van der Waals surface area (Å²) in [5.41, 5.74) is 0. The van der Waals surface area contributed by atoms with Crippen molar-refractivity contribution < 1.29 is 14.3 Å². The van der Waals surface area contributed by atoms with E-state index in [-0.39, 0.29) is 11.9 Å². The molecule has 0 aliphatic rings. The number of rotatable bonds is 9. The minimum absolute atomic E-state index is 0.0303. The van der Waals surface area contributed by atoms with Crippen molar-refractivity contribution in [1.29, 1.82) is 0 Å². The third-order valence-electron chi connectivity index (χ3n) is 1.90. The molecule has 0 aromatic rings. The second-order valence-electron chi connectivity index (χ2n) is 3.44. The maximum Gasteiger partial charge on any atom is 0.305 e. The normalized spacial score (nSPS) is 9.88. The lowest BCUT2D eigenvalue weighted by Crippen LogP contribution is -2.34. The average Bonchev–Trinajstić information content (AvgIpc) is 2.25. The summed E-state index contributed by atoms with van der Waals surface area (Å²) in [6, 6.07) is 0. The molecule has 0 fully saturated rings. The molecule has 2 N–H and O–H groups in total. The molecular weight excluding hydrogens is 208 g/mol. The highest BCUT2D eigenvalue weighted by Crippen LogP contribution is 1.90. The Morgan fingerprint density at radius 3 is 2.56 bits per heavy atom. The second-order valence-corrected chi connectivity index (χ2v) is 3.44. The smallest absolute Gasteiger partial charge is 0.305 e. The predicted octanol–water partition coefficient (Wildman–Crippen LogP) is 0.445. The van der Waals surface area contributed by atoms with Crippen LogP contribution in [0.1, 0.15) is 33.1 Å². The molecule has 5 heteroatoms. The van der Waals surface area contributed by atoms with Crippen LogP contribution < -0.4 is 10.6 Å². The van der Waals surface area contributed by atoms with Crippen LogP contribution in [0.5, 0.6) is 0 Å². The van der Waals surface area contributed by atoms with Crippen LogP contribution in [0.25, 0.3) is 0 Å². The zero-order chi connectivity index (χ0) is 12.2. The highest BCUT2D eigenvalue weighted by molar-refractivity contribution is 5.78. The molecule has 0 saturated carbocycles. The molecule has 0 aliphatic carbocycles. The van der Waals surface area contributed by atoms with E-state index >= 15 is 0 Å². The van der Waals surface area contributed by atoms with Crippen LogP contribution in [0, 0.1) is 0 Å². The standard InChI is InChI=1S/C11H22N2O3/c1-3-7-12-9-10(14)13-8-5-6-11(15)16-4-2/h12H,3-9H2,1-2H3,(H,13,14). The van der Waals surface area contributed by atoms with Gasteiger partial charge in [0.1, 0.15) is 0 Å². The number of hydrogen-bond donors (Lipinski definition) is 2. The fourth-order valence-corrected chi connectivity index (χ4v) is 1.13. The lowest BCUT2D eigenvalue weighted by molar-refractivity contribution is -0.143. The van der Waals surface area contributed by atoms with E-state index < -0.39 is 0 Å². The first-order chi connectivity index (χ1) is 7.70. The number of amides is 1. The lowest BCUT2D eigenvalue weighted by atomic mass is 10.3. The first-order valence-corrected chi connectivity index (χ1v) is 5.83. The molecule has 0 atom stereocenters. The van der Waals surface area contributed by atoms with Crippen LogP contribution in [0.2, 0.25) is 0 Å². The number of esters is 1. The summed E-state index contributed by atoms with van der Waals surface area (Å²) in [5, 5.41) is 5.73. The fourth-order valence-electron chi connectivity index (χ4n) is 1.13. The molecular formula is C11H22N2O3. The van der Waals surface area contributed by atoms with Crippen molar-refractivity contribution in [3.05, 3.63) is 0 Å². The molecule has 0 aromatic heterocycles. The molecule has 1 amide bonds. The number of carbonyl (C=O) groups is 2. The summed E-state index contributed by atoms with van der Waals surface area (Å²) in [7, 11) is 0. The Morgan fingerprint density at radius 2 is 1.94 bits per heavy atom. The van der Waals surface area contributed by atoms with Gasteiger partial charge in [-0.05, 0) is 26.3 Å². The molecule has 0 rings (SSSR count). The molecule has 5 nitrogen and oxygen atoms in total. The van der Waals surface area contributed by atoms with Crippen LogP contribution in [0.3, 0.4) is 0 Å². The largest absolute Gasteiger partial charge is 0.466 e. The third kappa shape index (κ3) is 9.45. The quantitative estimate of drug-likeness (QED) is 0.445. The molecule has 16 heavy (non-hydrogen) atoms.